The summed E-state index contributed by atoms with van der Waals surface area (Å²) in [4.78, 5) is 27.4. The lowest BCUT2D eigenvalue weighted by atomic mass is 10.0. The fourth-order valence-electron chi connectivity index (χ4n) is 3.49. The average Bonchev–Trinajstić information content (AvgIpc) is 2.93. The number of ether oxygens (including phenoxy) is 1. The van der Waals surface area contributed by atoms with Crippen LogP contribution >= 0.6 is 0 Å². The Balaban J connectivity index is 2.10. The third-order valence-corrected chi connectivity index (χ3v) is 4.86. The normalized spacial score (nSPS) is 17.3. The first-order valence-corrected chi connectivity index (χ1v) is 8.44. The fourth-order valence-corrected chi connectivity index (χ4v) is 3.49. The van der Waals surface area contributed by atoms with Crippen molar-refractivity contribution in [3.8, 4) is 5.75 Å². The number of carbonyl (C=O) groups is 2. The molecule has 0 radical (unpaired) electrons. The smallest absolute Gasteiger partial charge is 0.325 e. The van der Waals surface area contributed by atoms with E-state index in [1.807, 2.05) is 11.9 Å². The molecule has 0 amide bonds. The number of fused-ring (bicyclic) bond motifs is 1. The van der Waals surface area contributed by atoms with E-state index in [0.717, 1.165) is 13.1 Å². The largest absolute Gasteiger partial charge is 0.497 e. The van der Waals surface area contributed by atoms with Crippen molar-refractivity contribution in [2.24, 2.45) is 0 Å². The van der Waals surface area contributed by atoms with Gasteiger partial charge < -0.3 is 24.4 Å². The Labute approximate surface area is 151 Å². The van der Waals surface area contributed by atoms with E-state index in [2.05, 4.69) is 4.90 Å². The second-order valence-corrected chi connectivity index (χ2v) is 6.57. The number of benzene rings is 1. The summed E-state index contributed by atoms with van der Waals surface area (Å²) in [6, 6.07) is 4.46. The first-order valence-electron chi connectivity index (χ1n) is 8.44. The lowest BCUT2D eigenvalue weighted by Crippen LogP contribution is -2.47. The summed E-state index contributed by atoms with van der Waals surface area (Å²) < 4.78 is 6.86. The maximum atomic E-state index is 12.1. The summed E-state index contributed by atoms with van der Waals surface area (Å²) in [5, 5.41) is 19.8. The third kappa shape index (κ3) is 3.51. The molecule has 1 atom stereocenters. The Morgan fingerprint density at radius 3 is 2.46 bits per heavy atom. The average molecular weight is 361 g/mol. The van der Waals surface area contributed by atoms with Crippen molar-refractivity contribution in [1.82, 2.24) is 14.4 Å². The Morgan fingerprint density at radius 1 is 1.19 bits per heavy atom. The Kier molecular flexibility index (Phi) is 5.15. The highest BCUT2D eigenvalue weighted by Gasteiger charge is 2.32. The molecule has 3 rings (SSSR count). The minimum Gasteiger partial charge on any atom is -0.497 e. The molecule has 1 saturated heterocycles. The number of methoxy groups -OCH3 is 1. The van der Waals surface area contributed by atoms with Gasteiger partial charge in [0.1, 0.15) is 18.3 Å². The van der Waals surface area contributed by atoms with Gasteiger partial charge >= 0.3 is 11.9 Å². The number of hydrogen-bond acceptors (Lipinski definition) is 5. The van der Waals surface area contributed by atoms with Crippen molar-refractivity contribution in [1.29, 1.82) is 0 Å². The number of aromatic nitrogens is 1. The van der Waals surface area contributed by atoms with Crippen molar-refractivity contribution in [2.75, 3.05) is 40.3 Å². The Hall–Kier alpha value is -2.58. The van der Waals surface area contributed by atoms with Gasteiger partial charge in [0, 0.05) is 48.8 Å². The van der Waals surface area contributed by atoms with Crippen LogP contribution in [0.3, 0.4) is 0 Å². The van der Waals surface area contributed by atoms with Crippen molar-refractivity contribution in [3.05, 3.63) is 30.0 Å². The zero-order valence-corrected chi connectivity index (χ0v) is 14.9. The first kappa shape index (κ1) is 18.2. The second kappa shape index (κ2) is 7.35. The molecule has 26 heavy (non-hydrogen) atoms. The molecule has 2 N–H and O–H groups in total. The number of piperazine rings is 1. The number of likely N-dealkylation sites (N-methyl/N-ethyl adjacent to an activating group) is 1. The highest BCUT2D eigenvalue weighted by atomic mass is 16.5. The number of rotatable bonds is 6. The van der Waals surface area contributed by atoms with Crippen LogP contribution in [-0.4, -0.2) is 76.9 Å². The highest BCUT2D eigenvalue weighted by Crippen LogP contribution is 2.33. The summed E-state index contributed by atoms with van der Waals surface area (Å²) in [6.07, 6.45) is 1.65. The van der Waals surface area contributed by atoms with Gasteiger partial charge in [-0.05, 0) is 25.2 Å². The van der Waals surface area contributed by atoms with E-state index in [1.54, 1.807) is 36.1 Å². The van der Waals surface area contributed by atoms with Crippen LogP contribution in [0.4, 0.5) is 0 Å². The van der Waals surface area contributed by atoms with Crippen LogP contribution in [-0.2, 0) is 16.1 Å². The zero-order valence-electron chi connectivity index (χ0n) is 14.9. The number of aliphatic carboxylic acids is 2. The quantitative estimate of drug-likeness (QED) is 0.796. The summed E-state index contributed by atoms with van der Waals surface area (Å²) >= 11 is 0. The van der Waals surface area contributed by atoms with E-state index in [0.29, 0.717) is 35.3 Å². The van der Waals surface area contributed by atoms with Crippen LogP contribution in [0.2, 0.25) is 0 Å². The molecule has 140 valence electrons. The molecule has 8 nitrogen and oxygen atoms in total. The summed E-state index contributed by atoms with van der Waals surface area (Å²) in [6.45, 7) is 2.64. The summed E-state index contributed by atoms with van der Waals surface area (Å²) in [5.74, 6) is -1.31. The van der Waals surface area contributed by atoms with Gasteiger partial charge in [0.2, 0.25) is 0 Å². The molecule has 1 aromatic heterocycles. The van der Waals surface area contributed by atoms with Gasteiger partial charge in [0.15, 0.2) is 0 Å². The number of nitrogens with zero attached hydrogens (tertiary/aromatic N) is 3. The molecule has 1 aliphatic rings. The predicted octanol–water partition coefficient (Wildman–Crippen LogP) is 1.11. The summed E-state index contributed by atoms with van der Waals surface area (Å²) in [7, 11) is 3.56. The van der Waals surface area contributed by atoms with Crippen molar-refractivity contribution in [3.63, 3.8) is 0 Å². The Bertz CT molecular complexity index is 824. The molecule has 1 aromatic carbocycles. The number of carboxylic acid groups (broad SMARTS) is 2. The molecule has 0 bridgehead atoms. The van der Waals surface area contributed by atoms with Gasteiger partial charge in [-0.3, -0.25) is 14.5 Å². The summed E-state index contributed by atoms with van der Waals surface area (Å²) in [5.41, 5.74) is 1.28. The number of hydrogen-bond donors (Lipinski definition) is 2. The molecule has 0 saturated carbocycles. The fraction of sp³-hybridized carbons (Fsp3) is 0.444. The predicted molar refractivity (Wildman–Crippen MR) is 95.6 cm³/mol. The molecule has 0 unspecified atom stereocenters. The topological polar surface area (TPSA) is 95.2 Å². The molecule has 0 spiro atoms. The number of carboxylic acids is 2. The maximum Gasteiger partial charge on any atom is 0.325 e. The monoisotopic (exact) mass is 361 g/mol. The van der Waals surface area contributed by atoms with Crippen LogP contribution in [0.1, 0.15) is 11.6 Å². The van der Waals surface area contributed by atoms with Crippen LogP contribution in [0, 0.1) is 0 Å². The first-order chi connectivity index (χ1) is 12.4. The molecular formula is C18H23N3O5. The zero-order chi connectivity index (χ0) is 18.8. The van der Waals surface area contributed by atoms with Crippen molar-refractivity contribution in [2.45, 2.75) is 12.6 Å². The molecule has 2 aromatic rings. The standard InChI is InChI=1S/C18H23N3O5/c1-19-5-7-20(8-6-19)17(18(24)25)14-10-21(11-16(22)23)15-4-3-12(26-2)9-13(14)15/h3-4,9-10,17H,5-8,11H2,1-2H3,(H,22,23)(H,24,25)/t17-/m0/s1. The highest BCUT2D eigenvalue weighted by molar-refractivity contribution is 5.91. The second-order valence-electron chi connectivity index (χ2n) is 6.57. The Morgan fingerprint density at radius 2 is 1.88 bits per heavy atom. The molecular weight excluding hydrogens is 338 g/mol. The van der Waals surface area contributed by atoms with E-state index < -0.39 is 18.0 Å². The van der Waals surface area contributed by atoms with E-state index in [-0.39, 0.29) is 6.54 Å². The van der Waals surface area contributed by atoms with Gasteiger partial charge in [0.05, 0.1) is 7.11 Å². The van der Waals surface area contributed by atoms with E-state index >= 15 is 0 Å². The van der Waals surface area contributed by atoms with Crippen molar-refractivity contribution < 1.29 is 24.5 Å². The maximum absolute atomic E-state index is 12.1. The van der Waals surface area contributed by atoms with E-state index in [1.165, 1.54) is 0 Å². The molecule has 2 heterocycles. The van der Waals surface area contributed by atoms with Gasteiger partial charge in [-0.25, -0.2) is 0 Å². The molecule has 1 fully saturated rings. The van der Waals surface area contributed by atoms with Gasteiger partial charge in [0.25, 0.3) is 0 Å². The lowest BCUT2D eigenvalue weighted by Gasteiger charge is -2.36. The minimum atomic E-state index is -0.976. The lowest BCUT2D eigenvalue weighted by molar-refractivity contribution is -0.144. The van der Waals surface area contributed by atoms with E-state index in [4.69, 9.17) is 4.74 Å². The molecule has 8 heteroatoms. The molecule has 0 aliphatic carbocycles. The van der Waals surface area contributed by atoms with Crippen molar-refractivity contribution >= 4 is 22.8 Å². The van der Waals surface area contributed by atoms with Crippen LogP contribution < -0.4 is 4.74 Å². The van der Waals surface area contributed by atoms with E-state index in [9.17, 15) is 19.8 Å². The molecule has 1 aliphatic heterocycles. The van der Waals surface area contributed by atoms with Gasteiger partial charge in [-0.1, -0.05) is 0 Å². The SMILES string of the molecule is COc1ccc2c(c1)c([C@@H](C(=O)O)N1CCN(C)CC1)cn2CC(=O)O. The third-order valence-electron chi connectivity index (χ3n) is 4.86. The van der Waals surface area contributed by atoms with Gasteiger partial charge in [-0.2, -0.15) is 0 Å². The minimum absolute atomic E-state index is 0.224. The van der Waals surface area contributed by atoms with Crippen LogP contribution in [0.5, 0.6) is 5.75 Å². The van der Waals surface area contributed by atoms with Crippen LogP contribution in [0.15, 0.2) is 24.4 Å². The van der Waals surface area contributed by atoms with Crippen LogP contribution in [0.25, 0.3) is 10.9 Å². The van der Waals surface area contributed by atoms with Gasteiger partial charge in [-0.15, -0.1) is 0 Å².